The van der Waals surface area contributed by atoms with E-state index < -0.39 is 0 Å². The minimum atomic E-state index is -0.367. The van der Waals surface area contributed by atoms with E-state index in [2.05, 4.69) is 10.2 Å². The number of benzene rings is 2. The third kappa shape index (κ3) is 4.85. The van der Waals surface area contributed by atoms with E-state index in [1.807, 2.05) is 0 Å². The van der Waals surface area contributed by atoms with Crippen LogP contribution in [0.3, 0.4) is 0 Å². The maximum atomic E-state index is 13.3. The summed E-state index contributed by atoms with van der Waals surface area (Å²) in [6, 6.07) is 12.2. The second-order valence-electron chi connectivity index (χ2n) is 7.67. The van der Waals surface area contributed by atoms with Gasteiger partial charge in [-0.1, -0.05) is 12.1 Å². The van der Waals surface area contributed by atoms with E-state index in [4.69, 9.17) is 9.47 Å². The van der Waals surface area contributed by atoms with Crippen molar-refractivity contribution in [2.24, 2.45) is 0 Å². The molecule has 2 aromatic rings. The molecule has 0 aromatic heterocycles. The van der Waals surface area contributed by atoms with E-state index in [0.717, 1.165) is 38.0 Å². The molecule has 1 amide bonds. The van der Waals surface area contributed by atoms with Gasteiger partial charge < -0.3 is 19.7 Å². The molecule has 7 heteroatoms. The van der Waals surface area contributed by atoms with E-state index in [1.165, 1.54) is 24.3 Å². The molecular weight excluding hydrogens is 378 g/mol. The highest BCUT2D eigenvalue weighted by Crippen LogP contribution is 2.31. The predicted octanol–water partition coefficient (Wildman–Crippen LogP) is 4.05. The second-order valence-corrected chi connectivity index (χ2v) is 7.67. The summed E-state index contributed by atoms with van der Waals surface area (Å²) in [5, 5.41) is 2.75. The van der Waals surface area contributed by atoms with E-state index in [9.17, 15) is 13.6 Å². The molecule has 1 N–H and O–H groups in total. The summed E-state index contributed by atoms with van der Waals surface area (Å²) in [6.45, 7) is 3.04. The van der Waals surface area contributed by atoms with Crippen LogP contribution in [0.15, 0.2) is 48.5 Å². The number of nitrogens with one attached hydrogen (secondary N) is 1. The molecule has 29 heavy (non-hydrogen) atoms. The van der Waals surface area contributed by atoms with E-state index in [-0.39, 0.29) is 29.4 Å². The SMILES string of the molecule is O=C1NCC2(CCN(CC[C@H](Oc3ccc(F)cc3)c3ccc(F)cc3)CC2)O1. The zero-order valence-corrected chi connectivity index (χ0v) is 16.1. The quantitative estimate of drug-likeness (QED) is 0.792. The number of ether oxygens (including phenoxy) is 2. The van der Waals surface area contributed by atoms with Crippen LogP contribution in [-0.2, 0) is 4.74 Å². The summed E-state index contributed by atoms with van der Waals surface area (Å²) < 4.78 is 38.1. The first kappa shape index (κ1) is 19.6. The van der Waals surface area contributed by atoms with Crippen molar-refractivity contribution in [3.8, 4) is 5.75 Å². The molecule has 2 aromatic carbocycles. The fraction of sp³-hybridized carbons (Fsp3) is 0.409. The Bertz CT molecular complexity index is 834. The lowest BCUT2D eigenvalue weighted by atomic mass is 9.91. The van der Waals surface area contributed by atoms with Gasteiger partial charge in [-0.25, -0.2) is 13.6 Å². The summed E-state index contributed by atoms with van der Waals surface area (Å²) in [6.07, 6.45) is 1.69. The molecule has 2 fully saturated rings. The van der Waals surface area contributed by atoms with Crippen molar-refractivity contribution in [2.75, 3.05) is 26.2 Å². The van der Waals surface area contributed by atoms with E-state index >= 15 is 0 Å². The molecule has 0 bridgehead atoms. The van der Waals surface area contributed by atoms with Gasteiger partial charge in [-0.2, -0.15) is 0 Å². The minimum absolute atomic E-state index is 0.275. The van der Waals surface area contributed by atoms with Crippen molar-refractivity contribution in [3.63, 3.8) is 0 Å². The van der Waals surface area contributed by atoms with Crippen LogP contribution < -0.4 is 10.1 Å². The smallest absolute Gasteiger partial charge is 0.407 e. The molecule has 1 atom stereocenters. The van der Waals surface area contributed by atoms with E-state index in [1.54, 1.807) is 24.3 Å². The summed E-state index contributed by atoms with van der Waals surface area (Å²) in [5.74, 6) is -0.0439. The van der Waals surface area contributed by atoms with Crippen molar-refractivity contribution in [1.82, 2.24) is 10.2 Å². The van der Waals surface area contributed by atoms with Crippen LogP contribution in [-0.4, -0.2) is 42.8 Å². The van der Waals surface area contributed by atoms with Gasteiger partial charge in [-0.05, 0) is 42.0 Å². The molecule has 0 unspecified atom stereocenters. The minimum Gasteiger partial charge on any atom is -0.486 e. The lowest BCUT2D eigenvalue weighted by molar-refractivity contribution is -0.00140. The summed E-state index contributed by atoms with van der Waals surface area (Å²) in [4.78, 5) is 13.7. The molecule has 0 aliphatic carbocycles. The van der Waals surface area contributed by atoms with Gasteiger partial charge in [0.25, 0.3) is 0 Å². The molecule has 2 aliphatic heterocycles. The van der Waals surface area contributed by atoms with Gasteiger partial charge >= 0.3 is 6.09 Å². The largest absolute Gasteiger partial charge is 0.486 e. The van der Waals surface area contributed by atoms with Crippen molar-refractivity contribution in [3.05, 3.63) is 65.7 Å². The first-order chi connectivity index (χ1) is 14.0. The summed E-state index contributed by atoms with van der Waals surface area (Å²) >= 11 is 0. The molecule has 154 valence electrons. The number of rotatable bonds is 6. The first-order valence-electron chi connectivity index (χ1n) is 9.88. The fourth-order valence-corrected chi connectivity index (χ4v) is 3.91. The number of likely N-dealkylation sites (tertiary alicyclic amines) is 1. The number of halogens is 2. The highest BCUT2D eigenvalue weighted by Gasteiger charge is 2.42. The predicted molar refractivity (Wildman–Crippen MR) is 104 cm³/mol. The number of hydrogen-bond donors (Lipinski definition) is 1. The summed E-state index contributed by atoms with van der Waals surface area (Å²) in [5.41, 5.74) is 0.507. The van der Waals surface area contributed by atoms with Gasteiger partial charge in [0.15, 0.2) is 0 Å². The number of amides is 1. The zero-order valence-electron chi connectivity index (χ0n) is 16.1. The number of hydrogen-bond acceptors (Lipinski definition) is 4. The van der Waals surface area contributed by atoms with Crippen molar-refractivity contribution >= 4 is 6.09 Å². The molecule has 1 spiro atoms. The maximum absolute atomic E-state index is 13.3. The molecule has 2 heterocycles. The van der Waals surface area contributed by atoms with Crippen LogP contribution in [0.25, 0.3) is 0 Å². The Kier molecular flexibility index (Phi) is 5.67. The highest BCUT2D eigenvalue weighted by atomic mass is 19.1. The molecule has 2 saturated heterocycles. The Hall–Kier alpha value is -2.67. The molecule has 5 nitrogen and oxygen atoms in total. The molecule has 0 saturated carbocycles. The Balaban J connectivity index is 1.38. The maximum Gasteiger partial charge on any atom is 0.407 e. The average Bonchev–Trinajstić information content (AvgIpc) is 3.09. The lowest BCUT2D eigenvalue weighted by Crippen LogP contribution is -2.47. The van der Waals surface area contributed by atoms with Gasteiger partial charge in [0, 0.05) is 38.9 Å². The van der Waals surface area contributed by atoms with Crippen LogP contribution in [0.2, 0.25) is 0 Å². The van der Waals surface area contributed by atoms with Crippen LogP contribution >= 0.6 is 0 Å². The molecule has 2 aliphatic rings. The normalized spacial score (nSPS) is 19.6. The molecule has 4 rings (SSSR count). The number of nitrogens with zero attached hydrogens (tertiary/aromatic N) is 1. The van der Waals surface area contributed by atoms with Crippen molar-refractivity contribution < 1.29 is 23.0 Å². The first-order valence-corrected chi connectivity index (χ1v) is 9.88. The Morgan fingerprint density at radius 3 is 2.24 bits per heavy atom. The zero-order chi connectivity index (χ0) is 20.3. The van der Waals surface area contributed by atoms with Gasteiger partial charge in [-0.15, -0.1) is 0 Å². The average molecular weight is 402 g/mol. The number of piperidine rings is 1. The van der Waals surface area contributed by atoms with E-state index in [0.29, 0.717) is 18.7 Å². The van der Waals surface area contributed by atoms with Crippen LogP contribution in [0.1, 0.15) is 30.9 Å². The number of carbonyl (C=O) groups excluding carboxylic acids is 1. The Labute approximate surface area is 168 Å². The Morgan fingerprint density at radius 2 is 1.66 bits per heavy atom. The molecular formula is C22H24F2N2O3. The van der Waals surface area contributed by atoms with Crippen LogP contribution in [0, 0.1) is 11.6 Å². The third-order valence-electron chi connectivity index (χ3n) is 5.67. The monoisotopic (exact) mass is 402 g/mol. The lowest BCUT2D eigenvalue weighted by Gasteiger charge is -2.37. The van der Waals surface area contributed by atoms with Crippen molar-refractivity contribution in [1.29, 1.82) is 0 Å². The van der Waals surface area contributed by atoms with Crippen LogP contribution in [0.4, 0.5) is 13.6 Å². The third-order valence-corrected chi connectivity index (χ3v) is 5.67. The fourth-order valence-electron chi connectivity index (χ4n) is 3.91. The van der Waals surface area contributed by atoms with Crippen LogP contribution in [0.5, 0.6) is 5.75 Å². The van der Waals surface area contributed by atoms with Gasteiger partial charge in [0.05, 0.1) is 6.54 Å². The standard InChI is InChI=1S/C22H24F2N2O3/c23-17-3-1-16(2-4-17)20(28-19-7-5-18(24)6-8-19)9-12-26-13-10-22(11-14-26)15-25-21(27)29-22/h1-8,20H,9-15H2,(H,25,27)/t20-/m0/s1. The second kappa shape index (κ2) is 8.37. The van der Waals surface area contributed by atoms with Gasteiger partial charge in [0.1, 0.15) is 29.1 Å². The Morgan fingerprint density at radius 1 is 1.03 bits per heavy atom. The topological polar surface area (TPSA) is 50.8 Å². The highest BCUT2D eigenvalue weighted by molar-refractivity contribution is 5.70. The van der Waals surface area contributed by atoms with Gasteiger partial charge in [-0.3, -0.25) is 0 Å². The number of alkyl carbamates (subject to hydrolysis) is 1. The van der Waals surface area contributed by atoms with Crippen molar-refractivity contribution in [2.45, 2.75) is 31.0 Å². The number of carbonyl (C=O) groups is 1. The van der Waals surface area contributed by atoms with Gasteiger partial charge in [0.2, 0.25) is 0 Å². The summed E-state index contributed by atoms with van der Waals surface area (Å²) in [7, 11) is 0. The molecule has 0 radical (unpaired) electrons.